The maximum atomic E-state index is 12.6. The molecule has 0 radical (unpaired) electrons. The number of amides is 1. The summed E-state index contributed by atoms with van der Waals surface area (Å²) < 4.78 is 1.69. The summed E-state index contributed by atoms with van der Waals surface area (Å²) in [5, 5.41) is 8.12. The van der Waals surface area contributed by atoms with Crippen molar-refractivity contribution in [1.29, 1.82) is 0 Å². The first-order valence-electron chi connectivity index (χ1n) is 6.96. The molecule has 3 rings (SSSR count). The van der Waals surface area contributed by atoms with Crippen LogP contribution in [0, 0.1) is 0 Å². The van der Waals surface area contributed by atoms with Crippen molar-refractivity contribution in [2.45, 2.75) is 26.1 Å². The van der Waals surface area contributed by atoms with Crippen LogP contribution in [0.4, 0.5) is 0 Å². The molecule has 3 aromatic heterocycles. The molecule has 0 saturated carbocycles. The Kier molecular flexibility index (Phi) is 4.97. The van der Waals surface area contributed by atoms with Gasteiger partial charge < -0.3 is 4.90 Å². The Bertz CT molecular complexity index is 641. The molecule has 0 aromatic carbocycles. The first-order valence-corrected chi connectivity index (χ1v) is 8.72. The van der Waals surface area contributed by atoms with Crippen molar-refractivity contribution in [2.24, 2.45) is 0 Å². The van der Waals surface area contributed by atoms with Crippen molar-refractivity contribution in [2.75, 3.05) is 0 Å². The van der Waals surface area contributed by atoms with Gasteiger partial charge >= 0.3 is 0 Å². The Morgan fingerprint density at radius 2 is 1.82 bits per heavy atom. The highest BCUT2D eigenvalue weighted by Gasteiger charge is 2.15. The van der Waals surface area contributed by atoms with Crippen molar-refractivity contribution >= 4 is 28.6 Å². The summed E-state index contributed by atoms with van der Waals surface area (Å²) in [6, 6.07) is 8.17. The number of aryl methyl sites for hydroxylation is 1. The van der Waals surface area contributed by atoms with Gasteiger partial charge in [-0.25, -0.2) is 4.98 Å². The topological polar surface area (TPSA) is 51.0 Å². The minimum absolute atomic E-state index is 0.136. The third kappa shape index (κ3) is 4.02. The molecule has 0 atom stereocenters. The molecule has 0 saturated heterocycles. The molecular weight excluding hydrogens is 316 g/mol. The summed E-state index contributed by atoms with van der Waals surface area (Å²) >= 11 is 3.36. The van der Waals surface area contributed by atoms with Crippen molar-refractivity contribution in [3.63, 3.8) is 0 Å². The van der Waals surface area contributed by atoms with Crippen LogP contribution in [0.3, 0.4) is 0 Å². The molecule has 5 nitrogen and oxygen atoms in total. The zero-order valence-electron chi connectivity index (χ0n) is 12.0. The third-order valence-electron chi connectivity index (χ3n) is 3.23. The number of hydrogen-bond donors (Lipinski definition) is 0. The zero-order chi connectivity index (χ0) is 15.2. The van der Waals surface area contributed by atoms with E-state index >= 15 is 0 Å². The van der Waals surface area contributed by atoms with E-state index in [4.69, 9.17) is 0 Å². The Hall–Kier alpha value is -1.99. The molecule has 0 unspecified atom stereocenters. The minimum atomic E-state index is 0.136. The highest BCUT2D eigenvalue weighted by Crippen LogP contribution is 2.18. The largest absolute Gasteiger partial charge is 0.332 e. The van der Waals surface area contributed by atoms with Crippen molar-refractivity contribution < 1.29 is 4.79 Å². The van der Waals surface area contributed by atoms with E-state index in [1.54, 1.807) is 33.7 Å². The lowest BCUT2D eigenvalue weighted by molar-refractivity contribution is -0.132. The summed E-state index contributed by atoms with van der Waals surface area (Å²) in [4.78, 5) is 20.8. The van der Waals surface area contributed by atoms with Gasteiger partial charge in [-0.15, -0.1) is 22.7 Å². The molecule has 114 valence electrons. The van der Waals surface area contributed by atoms with Crippen LogP contribution in [0.25, 0.3) is 0 Å². The lowest BCUT2D eigenvalue weighted by atomic mass is 10.3. The van der Waals surface area contributed by atoms with Crippen LogP contribution in [-0.4, -0.2) is 25.6 Å². The summed E-state index contributed by atoms with van der Waals surface area (Å²) in [6.45, 7) is 1.88. The average Bonchev–Trinajstić information content (AvgIpc) is 3.27. The molecular formula is C15H16N4OS2. The fraction of sp³-hybridized carbons (Fsp3) is 0.267. The number of carbonyl (C=O) groups excluding carboxylic acids is 1. The second-order valence-corrected chi connectivity index (χ2v) is 6.88. The van der Waals surface area contributed by atoms with Crippen LogP contribution < -0.4 is 0 Å². The second kappa shape index (κ2) is 7.33. The van der Waals surface area contributed by atoms with E-state index in [0.29, 0.717) is 26.1 Å². The molecule has 0 N–H and O–H groups in total. The summed E-state index contributed by atoms with van der Waals surface area (Å²) in [5.74, 6) is 0.136. The van der Waals surface area contributed by atoms with E-state index in [9.17, 15) is 4.79 Å². The highest BCUT2D eigenvalue weighted by atomic mass is 32.1. The molecule has 22 heavy (non-hydrogen) atoms. The standard InChI is InChI=1S/C15H16N4OS2/c20-15(5-6-19-12-16-11-17-19)18(9-13-3-1-7-21-13)10-14-4-2-8-22-14/h1-4,7-8,11-12H,5-6,9-10H2. The van der Waals surface area contributed by atoms with Crippen LogP contribution in [-0.2, 0) is 24.4 Å². The Morgan fingerprint density at radius 3 is 2.32 bits per heavy atom. The molecule has 1 amide bonds. The highest BCUT2D eigenvalue weighted by molar-refractivity contribution is 7.10. The van der Waals surface area contributed by atoms with E-state index in [1.165, 1.54) is 16.1 Å². The van der Waals surface area contributed by atoms with Gasteiger partial charge in [0, 0.05) is 16.2 Å². The van der Waals surface area contributed by atoms with Gasteiger partial charge in [0.2, 0.25) is 5.91 Å². The Balaban J connectivity index is 1.64. The first kappa shape index (κ1) is 14.9. The van der Waals surface area contributed by atoms with Crippen molar-refractivity contribution in [1.82, 2.24) is 19.7 Å². The average molecular weight is 332 g/mol. The Morgan fingerprint density at radius 1 is 1.14 bits per heavy atom. The monoisotopic (exact) mass is 332 g/mol. The number of aromatic nitrogens is 3. The van der Waals surface area contributed by atoms with Crippen LogP contribution >= 0.6 is 22.7 Å². The molecule has 0 aliphatic heterocycles. The zero-order valence-corrected chi connectivity index (χ0v) is 13.6. The van der Waals surface area contributed by atoms with E-state index in [0.717, 1.165) is 0 Å². The summed E-state index contributed by atoms with van der Waals surface area (Å²) in [5.41, 5.74) is 0. The third-order valence-corrected chi connectivity index (χ3v) is 4.95. The summed E-state index contributed by atoms with van der Waals surface area (Å²) in [6.07, 6.45) is 3.55. The van der Waals surface area contributed by atoms with E-state index in [2.05, 4.69) is 22.2 Å². The van der Waals surface area contributed by atoms with Crippen LogP contribution in [0.1, 0.15) is 16.2 Å². The molecule has 0 bridgehead atoms. The maximum Gasteiger partial charge on any atom is 0.225 e. The molecule has 7 heteroatoms. The van der Waals surface area contributed by atoms with Crippen molar-refractivity contribution in [3.8, 4) is 0 Å². The SMILES string of the molecule is O=C(CCn1cncn1)N(Cc1cccs1)Cc1cccs1. The first-order chi connectivity index (χ1) is 10.8. The van der Waals surface area contributed by atoms with Gasteiger partial charge in [-0.3, -0.25) is 9.48 Å². The number of hydrogen-bond acceptors (Lipinski definition) is 5. The van der Waals surface area contributed by atoms with E-state index in [1.807, 2.05) is 27.8 Å². The number of nitrogens with zero attached hydrogens (tertiary/aromatic N) is 4. The van der Waals surface area contributed by atoms with Gasteiger partial charge in [0.15, 0.2) is 0 Å². The number of rotatable bonds is 7. The van der Waals surface area contributed by atoms with E-state index < -0.39 is 0 Å². The normalized spacial score (nSPS) is 10.7. The van der Waals surface area contributed by atoms with E-state index in [-0.39, 0.29) is 5.91 Å². The van der Waals surface area contributed by atoms with Crippen molar-refractivity contribution in [3.05, 3.63) is 57.4 Å². The molecule has 0 fully saturated rings. The van der Waals surface area contributed by atoms with Crippen LogP contribution in [0.15, 0.2) is 47.7 Å². The minimum Gasteiger partial charge on any atom is -0.332 e. The predicted molar refractivity (Wildman–Crippen MR) is 87.5 cm³/mol. The van der Waals surface area contributed by atoms with Gasteiger partial charge in [-0.1, -0.05) is 12.1 Å². The quantitative estimate of drug-likeness (QED) is 0.668. The molecule has 3 aromatic rings. The molecule has 0 aliphatic carbocycles. The predicted octanol–water partition coefficient (Wildman–Crippen LogP) is 3.02. The number of thiophene rings is 2. The lowest BCUT2D eigenvalue weighted by Crippen LogP contribution is -2.30. The summed E-state index contributed by atoms with van der Waals surface area (Å²) in [7, 11) is 0. The van der Waals surface area contributed by atoms with Crippen LogP contribution in [0.2, 0.25) is 0 Å². The molecule has 0 spiro atoms. The van der Waals surface area contributed by atoms with Crippen LogP contribution in [0.5, 0.6) is 0 Å². The maximum absolute atomic E-state index is 12.6. The van der Waals surface area contributed by atoms with Gasteiger partial charge in [0.05, 0.1) is 19.6 Å². The van der Waals surface area contributed by atoms with Gasteiger partial charge in [-0.2, -0.15) is 5.10 Å². The van der Waals surface area contributed by atoms with Gasteiger partial charge in [0.1, 0.15) is 12.7 Å². The molecule has 3 heterocycles. The fourth-order valence-corrected chi connectivity index (χ4v) is 3.57. The number of carbonyl (C=O) groups is 1. The van der Waals surface area contributed by atoms with Gasteiger partial charge in [0.25, 0.3) is 0 Å². The second-order valence-electron chi connectivity index (χ2n) is 4.82. The van der Waals surface area contributed by atoms with Gasteiger partial charge in [-0.05, 0) is 22.9 Å². The Labute approximate surface area is 136 Å². The lowest BCUT2D eigenvalue weighted by Gasteiger charge is -2.21. The fourth-order valence-electron chi connectivity index (χ4n) is 2.13. The molecule has 0 aliphatic rings. The smallest absolute Gasteiger partial charge is 0.225 e.